The van der Waals surface area contributed by atoms with Crippen LogP contribution in [0.25, 0.3) is 28.1 Å². The summed E-state index contributed by atoms with van der Waals surface area (Å²) in [4.78, 5) is 30.8. The molecular weight excluding hydrogens is 682 g/mol. The van der Waals surface area contributed by atoms with E-state index >= 15 is 0 Å². The van der Waals surface area contributed by atoms with Gasteiger partial charge in [-0.15, -0.1) is 0 Å². The predicted molar refractivity (Wildman–Crippen MR) is 171 cm³/mol. The number of aryl methyl sites for hydroxylation is 1. The summed E-state index contributed by atoms with van der Waals surface area (Å²) in [5.74, 6) is -0.288. The number of rotatable bonds is 8. The first-order valence-electron chi connectivity index (χ1n) is 15.3. The van der Waals surface area contributed by atoms with Gasteiger partial charge in [-0.2, -0.15) is 31.4 Å². The van der Waals surface area contributed by atoms with Gasteiger partial charge in [0.05, 0.1) is 42.1 Å². The third-order valence-corrected chi connectivity index (χ3v) is 8.62. The van der Waals surface area contributed by atoms with Gasteiger partial charge in [0, 0.05) is 23.5 Å². The molecule has 0 saturated carbocycles. The SMILES string of the molecule is COc1ccc(-c2ccc(C(=O)O)cc2C)cc1-c1ccc(-n2cccn2)nc1CN1C(=O)O[C@H](c2cc(C(F)(F)F)cc(C(F)(F)F)c2)[C@@H]1C. The summed E-state index contributed by atoms with van der Waals surface area (Å²) in [5, 5.41) is 13.6. The standard InChI is InChI=1S/C36H28F6N4O5/c1-19-13-22(33(47)48)5-7-26(19)21-6-9-30(50-3)28(16-21)27-8-10-31(46-12-4-11-43-46)44-29(27)18-45-20(2)32(51-34(45)49)23-14-24(35(37,38)39)17-25(15-23)36(40,41)42/h4-17,20,32H,18H2,1-3H3,(H,47,48)/t20-,32-/m0/s1. The summed E-state index contributed by atoms with van der Waals surface area (Å²) in [7, 11) is 1.46. The number of hydrogen-bond acceptors (Lipinski definition) is 6. The van der Waals surface area contributed by atoms with Crippen LogP contribution in [0.2, 0.25) is 0 Å². The molecule has 1 amide bonds. The molecule has 2 atom stereocenters. The molecule has 0 unspecified atom stereocenters. The second-order valence-electron chi connectivity index (χ2n) is 11.9. The van der Waals surface area contributed by atoms with Crippen molar-refractivity contribution in [2.24, 2.45) is 0 Å². The maximum absolute atomic E-state index is 13.7. The van der Waals surface area contributed by atoms with Crippen LogP contribution in [-0.2, 0) is 23.6 Å². The van der Waals surface area contributed by atoms with Crippen molar-refractivity contribution in [3.63, 3.8) is 0 Å². The molecule has 0 spiro atoms. The molecule has 1 aliphatic rings. The minimum absolute atomic E-state index is 0.0171. The van der Waals surface area contributed by atoms with Crippen molar-refractivity contribution in [2.75, 3.05) is 7.11 Å². The van der Waals surface area contributed by atoms with Crippen molar-refractivity contribution in [3.8, 4) is 33.8 Å². The number of hydrogen-bond donors (Lipinski definition) is 1. The maximum atomic E-state index is 13.7. The quantitative estimate of drug-likeness (QED) is 0.161. The minimum atomic E-state index is -5.09. The molecule has 2 aromatic heterocycles. The van der Waals surface area contributed by atoms with Crippen LogP contribution in [0, 0.1) is 6.92 Å². The molecule has 5 aromatic rings. The fraction of sp³-hybridized carbons (Fsp3) is 0.222. The summed E-state index contributed by atoms with van der Waals surface area (Å²) < 4.78 is 94.5. The zero-order chi connectivity index (χ0) is 36.8. The van der Waals surface area contributed by atoms with Crippen LogP contribution >= 0.6 is 0 Å². The number of methoxy groups -OCH3 is 1. The number of pyridine rings is 1. The monoisotopic (exact) mass is 710 g/mol. The average molecular weight is 711 g/mol. The Kier molecular flexibility index (Phi) is 9.00. The van der Waals surface area contributed by atoms with Crippen LogP contribution in [0.5, 0.6) is 5.75 Å². The Balaban J connectivity index is 1.43. The smallest absolute Gasteiger partial charge is 0.416 e. The highest BCUT2D eigenvalue weighted by Crippen LogP contribution is 2.42. The van der Waals surface area contributed by atoms with E-state index in [0.29, 0.717) is 51.6 Å². The molecule has 0 bridgehead atoms. The van der Waals surface area contributed by atoms with E-state index in [1.165, 1.54) is 35.9 Å². The van der Waals surface area contributed by atoms with E-state index in [2.05, 4.69) is 5.10 Å². The summed E-state index contributed by atoms with van der Waals surface area (Å²) in [5.41, 5.74) is 0.0819. The number of carbonyl (C=O) groups excluding carboxylic acids is 1. The molecule has 1 aliphatic heterocycles. The fourth-order valence-corrected chi connectivity index (χ4v) is 6.06. The topological polar surface area (TPSA) is 107 Å². The van der Waals surface area contributed by atoms with Crippen molar-refractivity contribution < 1.29 is 50.5 Å². The molecule has 0 radical (unpaired) electrons. The van der Waals surface area contributed by atoms with Crippen LogP contribution in [0.3, 0.4) is 0 Å². The van der Waals surface area contributed by atoms with Gasteiger partial charge in [-0.1, -0.05) is 12.1 Å². The molecule has 0 aliphatic carbocycles. The highest BCUT2D eigenvalue weighted by Gasteiger charge is 2.43. The highest BCUT2D eigenvalue weighted by atomic mass is 19.4. The van der Waals surface area contributed by atoms with Crippen molar-refractivity contribution in [3.05, 3.63) is 119 Å². The summed E-state index contributed by atoms with van der Waals surface area (Å²) >= 11 is 0. The van der Waals surface area contributed by atoms with Crippen LogP contribution in [0.4, 0.5) is 31.1 Å². The minimum Gasteiger partial charge on any atom is -0.496 e. The molecular formula is C36H28F6N4O5. The maximum Gasteiger partial charge on any atom is 0.416 e. The van der Waals surface area contributed by atoms with Gasteiger partial charge in [-0.25, -0.2) is 19.3 Å². The van der Waals surface area contributed by atoms with Gasteiger partial charge in [0.2, 0.25) is 0 Å². The number of ether oxygens (including phenoxy) is 2. The molecule has 6 rings (SSSR count). The third-order valence-electron chi connectivity index (χ3n) is 8.62. The normalized spacial score (nSPS) is 16.3. The zero-order valence-corrected chi connectivity index (χ0v) is 27.1. The Bertz CT molecular complexity index is 2100. The average Bonchev–Trinajstić information content (AvgIpc) is 3.72. The summed E-state index contributed by atoms with van der Waals surface area (Å²) in [6.07, 6.45) is -9.42. The Morgan fingerprint density at radius 3 is 2.20 bits per heavy atom. The molecule has 3 aromatic carbocycles. The third kappa shape index (κ3) is 6.96. The molecule has 1 N–H and O–H groups in total. The van der Waals surface area contributed by atoms with E-state index in [4.69, 9.17) is 14.5 Å². The number of nitrogens with zero attached hydrogens (tertiary/aromatic N) is 4. The lowest BCUT2D eigenvalue weighted by molar-refractivity contribution is -0.143. The van der Waals surface area contributed by atoms with E-state index in [0.717, 1.165) is 5.56 Å². The van der Waals surface area contributed by atoms with E-state index < -0.39 is 53.3 Å². The number of alkyl halides is 6. The molecule has 51 heavy (non-hydrogen) atoms. The van der Waals surface area contributed by atoms with Gasteiger partial charge >= 0.3 is 24.4 Å². The first-order valence-corrected chi connectivity index (χ1v) is 15.3. The number of carboxylic acids is 1. The molecule has 15 heteroatoms. The van der Waals surface area contributed by atoms with Crippen LogP contribution < -0.4 is 4.74 Å². The molecule has 3 heterocycles. The molecule has 264 valence electrons. The van der Waals surface area contributed by atoms with E-state index in [1.807, 2.05) is 6.07 Å². The lowest BCUT2D eigenvalue weighted by Crippen LogP contribution is -2.32. The van der Waals surface area contributed by atoms with Gasteiger partial charge in [0.25, 0.3) is 0 Å². The van der Waals surface area contributed by atoms with Gasteiger partial charge in [-0.3, -0.25) is 4.90 Å². The summed E-state index contributed by atoms with van der Waals surface area (Å²) in [6.45, 7) is 2.98. The number of aromatic carboxylic acids is 1. The Hall–Kier alpha value is -5.86. The van der Waals surface area contributed by atoms with Crippen molar-refractivity contribution in [1.82, 2.24) is 19.7 Å². The Labute approximate surface area is 286 Å². The molecule has 1 saturated heterocycles. The summed E-state index contributed by atoms with van der Waals surface area (Å²) in [6, 6.07) is 15.2. The Morgan fingerprint density at radius 1 is 0.922 bits per heavy atom. The van der Waals surface area contributed by atoms with E-state index in [-0.39, 0.29) is 18.2 Å². The van der Waals surface area contributed by atoms with Crippen LogP contribution in [0.15, 0.2) is 85.2 Å². The van der Waals surface area contributed by atoms with Gasteiger partial charge < -0.3 is 14.6 Å². The number of halogens is 6. The number of carbonyl (C=O) groups is 2. The molecule has 1 fully saturated rings. The van der Waals surface area contributed by atoms with E-state index in [1.54, 1.807) is 55.6 Å². The Morgan fingerprint density at radius 2 is 1.61 bits per heavy atom. The lowest BCUT2D eigenvalue weighted by Gasteiger charge is -2.23. The zero-order valence-electron chi connectivity index (χ0n) is 27.1. The van der Waals surface area contributed by atoms with Crippen LogP contribution in [0.1, 0.15) is 51.3 Å². The second kappa shape index (κ2) is 13.1. The first-order chi connectivity index (χ1) is 24.0. The van der Waals surface area contributed by atoms with Gasteiger partial charge in [0.15, 0.2) is 5.82 Å². The number of amides is 1. The first kappa shape index (κ1) is 35.0. The number of benzene rings is 3. The lowest BCUT2D eigenvalue weighted by atomic mass is 9.93. The van der Waals surface area contributed by atoms with Gasteiger partial charge in [-0.05, 0) is 96.8 Å². The largest absolute Gasteiger partial charge is 0.496 e. The number of aromatic nitrogens is 3. The van der Waals surface area contributed by atoms with E-state index in [9.17, 15) is 41.0 Å². The van der Waals surface area contributed by atoms with Crippen LogP contribution in [-0.4, -0.2) is 50.0 Å². The molecule has 9 nitrogen and oxygen atoms in total. The second-order valence-corrected chi connectivity index (χ2v) is 11.9. The predicted octanol–water partition coefficient (Wildman–Crippen LogP) is 8.74. The van der Waals surface area contributed by atoms with Crippen molar-refractivity contribution in [2.45, 2.75) is 44.9 Å². The van der Waals surface area contributed by atoms with Crippen molar-refractivity contribution >= 4 is 12.1 Å². The number of cyclic esters (lactones) is 1. The van der Waals surface area contributed by atoms with Crippen molar-refractivity contribution in [1.29, 1.82) is 0 Å². The fourth-order valence-electron chi connectivity index (χ4n) is 6.06. The number of carboxylic acid groups (broad SMARTS) is 1. The van der Waals surface area contributed by atoms with Gasteiger partial charge in [0.1, 0.15) is 11.9 Å². The highest BCUT2D eigenvalue weighted by molar-refractivity contribution is 5.89.